The van der Waals surface area contributed by atoms with Gasteiger partial charge in [0, 0.05) is 44.6 Å². The number of nitrogens with zero attached hydrogens (tertiary/aromatic N) is 3. The SMILES string of the molecule is CCN(CC)C(=O)CCC1=CN=CCC=N1. The second-order valence-electron chi connectivity index (χ2n) is 3.57. The second kappa shape index (κ2) is 6.93. The Kier molecular flexibility index (Phi) is 5.46. The van der Waals surface area contributed by atoms with Gasteiger partial charge < -0.3 is 4.90 Å². The average Bonchev–Trinajstić information content (AvgIpc) is 2.56. The Morgan fingerprint density at radius 1 is 1.38 bits per heavy atom. The molecule has 0 atom stereocenters. The number of amides is 1. The fourth-order valence-corrected chi connectivity index (χ4v) is 1.55. The first-order valence-electron chi connectivity index (χ1n) is 5.78. The third-order valence-corrected chi connectivity index (χ3v) is 2.51. The van der Waals surface area contributed by atoms with Crippen molar-refractivity contribution in [1.82, 2.24) is 4.90 Å². The first kappa shape index (κ1) is 12.6. The fourth-order valence-electron chi connectivity index (χ4n) is 1.55. The monoisotopic (exact) mass is 221 g/mol. The third kappa shape index (κ3) is 3.96. The van der Waals surface area contributed by atoms with Crippen molar-refractivity contribution in [2.24, 2.45) is 9.98 Å². The molecular formula is C12H19N3O. The van der Waals surface area contributed by atoms with Crippen LogP contribution in [-0.2, 0) is 4.79 Å². The van der Waals surface area contributed by atoms with E-state index in [0.717, 1.165) is 25.2 Å². The van der Waals surface area contributed by atoms with Crippen LogP contribution >= 0.6 is 0 Å². The van der Waals surface area contributed by atoms with Crippen LogP contribution in [0.15, 0.2) is 21.9 Å². The van der Waals surface area contributed by atoms with Crippen LogP contribution < -0.4 is 0 Å². The summed E-state index contributed by atoms with van der Waals surface area (Å²) < 4.78 is 0. The van der Waals surface area contributed by atoms with Crippen molar-refractivity contribution in [3.8, 4) is 0 Å². The molecule has 0 N–H and O–H groups in total. The maximum absolute atomic E-state index is 11.7. The third-order valence-electron chi connectivity index (χ3n) is 2.51. The highest BCUT2D eigenvalue weighted by atomic mass is 16.2. The molecule has 1 heterocycles. The van der Waals surface area contributed by atoms with E-state index in [2.05, 4.69) is 9.98 Å². The summed E-state index contributed by atoms with van der Waals surface area (Å²) >= 11 is 0. The predicted octanol–water partition coefficient (Wildman–Crippen LogP) is 2.02. The van der Waals surface area contributed by atoms with Gasteiger partial charge in [-0.25, -0.2) is 0 Å². The molecule has 4 nitrogen and oxygen atoms in total. The van der Waals surface area contributed by atoms with Crippen molar-refractivity contribution < 1.29 is 4.79 Å². The van der Waals surface area contributed by atoms with Crippen LogP contribution in [0.25, 0.3) is 0 Å². The molecule has 16 heavy (non-hydrogen) atoms. The molecule has 1 aliphatic heterocycles. The van der Waals surface area contributed by atoms with Gasteiger partial charge >= 0.3 is 0 Å². The van der Waals surface area contributed by atoms with Crippen molar-refractivity contribution in [1.29, 1.82) is 0 Å². The van der Waals surface area contributed by atoms with E-state index in [-0.39, 0.29) is 5.91 Å². The minimum Gasteiger partial charge on any atom is -0.343 e. The fraction of sp³-hybridized carbons (Fsp3) is 0.583. The van der Waals surface area contributed by atoms with Crippen LogP contribution in [0, 0.1) is 0 Å². The molecule has 88 valence electrons. The molecule has 0 aromatic carbocycles. The Balaban J connectivity index is 2.42. The van der Waals surface area contributed by atoms with Gasteiger partial charge in [-0.05, 0) is 20.3 Å². The summed E-state index contributed by atoms with van der Waals surface area (Å²) in [6, 6.07) is 0. The Labute approximate surface area is 96.8 Å². The molecule has 0 radical (unpaired) electrons. The van der Waals surface area contributed by atoms with E-state index in [4.69, 9.17) is 0 Å². The second-order valence-corrected chi connectivity index (χ2v) is 3.57. The van der Waals surface area contributed by atoms with Gasteiger partial charge in [0.2, 0.25) is 5.91 Å². The first-order chi connectivity index (χ1) is 7.77. The molecule has 0 fully saturated rings. The largest absolute Gasteiger partial charge is 0.343 e. The topological polar surface area (TPSA) is 45.0 Å². The number of aliphatic imine (C=N–C) groups is 2. The maximum atomic E-state index is 11.7. The number of hydrogen-bond acceptors (Lipinski definition) is 3. The Hall–Kier alpha value is -1.45. The zero-order valence-corrected chi connectivity index (χ0v) is 10.0. The lowest BCUT2D eigenvalue weighted by molar-refractivity contribution is -0.130. The lowest BCUT2D eigenvalue weighted by Gasteiger charge is -2.18. The van der Waals surface area contributed by atoms with Gasteiger partial charge in [-0.2, -0.15) is 0 Å². The Bertz CT molecular complexity index is 314. The lowest BCUT2D eigenvalue weighted by Crippen LogP contribution is -2.30. The zero-order valence-electron chi connectivity index (χ0n) is 10.0. The zero-order chi connectivity index (χ0) is 11.8. The van der Waals surface area contributed by atoms with Crippen molar-refractivity contribution in [2.45, 2.75) is 33.1 Å². The van der Waals surface area contributed by atoms with Gasteiger partial charge in [-0.1, -0.05) is 0 Å². The molecule has 0 saturated carbocycles. The van der Waals surface area contributed by atoms with E-state index in [0.29, 0.717) is 12.8 Å². The van der Waals surface area contributed by atoms with Crippen LogP contribution in [-0.4, -0.2) is 36.3 Å². The highest BCUT2D eigenvalue weighted by Gasteiger charge is 2.09. The average molecular weight is 221 g/mol. The molecule has 0 saturated heterocycles. The molecule has 0 spiro atoms. The number of carbonyl (C=O) groups excluding carboxylic acids is 1. The van der Waals surface area contributed by atoms with Crippen LogP contribution in [0.1, 0.15) is 33.1 Å². The van der Waals surface area contributed by atoms with Gasteiger partial charge in [0.25, 0.3) is 0 Å². The van der Waals surface area contributed by atoms with Crippen molar-refractivity contribution in [3.05, 3.63) is 11.9 Å². The standard InChI is InChI=1S/C12H19N3O/c1-3-15(4-2)12(16)7-6-11-10-13-8-5-9-14-11/h8-10H,3-7H2,1-2H3. The first-order valence-corrected chi connectivity index (χ1v) is 5.78. The smallest absolute Gasteiger partial charge is 0.222 e. The van der Waals surface area contributed by atoms with E-state index in [9.17, 15) is 4.79 Å². The molecule has 0 aliphatic carbocycles. The number of allylic oxidation sites excluding steroid dienone is 1. The number of rotatable bonds is 5. The molecule has 4 heteroatoms. The molecule has 1 aliphatic rings. The van der Waals surface area contributed by atoms with Gasteiger partial charge in [-0.3, -0.25) is 14.8 Å². The van der Waals surface area contributed by atoms with Crippen LogP contribution in [0.4, 0.5) is 0 Å². The predicted molar refractivity (Wildman–Crippen MR) is 66.8 cm³/mol. The summed E-state index contributed by atoms with van der Waals surface area (Å²) in [6.45, 7) is 5.54. The van der Waals surface area contributed by atoms with Crippen molar-refractivity contribution in [3.63, 3.8) is 0 Å². The summed E-state index contributed by atoms with van der Waals surface area (Å²) in [4.78, 5) is 21.9. The minimum absolute atomic E-state index is 0.189. The van der Waals surface area contributed by atoms with Crippen LogP contribution in [0.3, 0.4) is 0 Å². The maximum Gasteiger partial charge on any atom is 0.222 e. The Morgan fingerprint density at radius 2 is 2.12 bits per heavy atom. The van der Waals surface area contributed by atoms with Crippen molar-refractivity contribution in [2.75, 3.05) is 13.1 Å². The van der Waals surface area contributed by atoms with E-state index < -0.39 is 0 Å². The van der Waals surface area contributed by atoms with Gasteiger partial charge in [0.15, 0.2) is 0 Å². The van der Waals surface area contributed by atoms with Gasteiger partial charge in [0.1, 0.15) is 0 Å². The lowest BCUT2D eigenvalue weighted by atomic mass is 10.2. The highest BCUT2D eigenvalue weighted by Crippen LogP contribution is 2.10. The van der Waals surface area contributed by atoms with Crippen LogP contribution in [0.5, 0.6) is 0 Å². The van der Waals surface area contributed by atoms with E-state index >= 15 is 0 Å². The molecule has 0 unspecified atom stereocenters. The molecule has 0 aromatic heterocycles. The quantitative estimate of drug-likeness (QED) is 0.700. The molecule has 0 aromatic rings. The molecule has 1 amide bonds. The van der Waals surface area contributed by atoms with Gasteiger partial charge in [-0.15, -0.1) is 0 Å². The molecule has 1 rings (SSSR count). The normalized spacial score (nSPS) is 14.5. The van der Waals surface area contributed by atoms with Gasteiger partial charge in [0.05, 0.1) is 5.70 Å². The van der Waals surface area contributed by atoms with Crippen LogP contribution in [0.2, 0.25) is 0 Å². The van der Waals surface area contributed by atoms with E-state index in [1.165, 1.54) is 0 Å². The van der Waals surface area contributed by atoms with E-state index in [1.807, 2.05) is 31.2 Å². The van der Waals surface area contributed by atoms with Crippen molar-refractivity contribution >= 4 is 18.3 Å². The summed E-state index contributed by atoms with van der Waals surface area (Å²) in [5.41, 5.74) is 0.884. The van der Waals surface area contributed by atoms with E-state index in [1.54, 1.807) is 6.20 Å². The molecule has 0 bridgehead atoms. The number of hydrogen-bond donors (Lipinski definition) is 0. The Morgan fingerprint density at radius 3 is 2.81 bits per heavy atom. The minimum atomic E-state index is 0.189. The molecular weight excluding hydrogens is 202 g/mol. The summed E-state index contributed by atoms with van der Waals surface area (Å²) in [5, 5.41) is 0. The summed E-state index contributed by atoms with van der Waals surface area (Å²) in [7, 11) is 0. The highest BCUT2D eigenvalue weighted by molar-refractivity contribution is 5.81. The number of carbonyl (C=O) groups is 1. The summed E-state index contributed by atoms with van der Waals surface area (Å²) in [6.07, 6.45) is 7.32. The summed E-state index contributed by atoms with van der Waals surface area (Å²) in [5.74, 6) is 0.189.